The largest absolute Gasteiger partial charge is 0 e. The summed E-state index contributed by atoms with van der Waals surface area (Å²) in [5.41, 5.74) is 0.938. The molecule has 10 heteroatoms. The zero-order valence-electron chi connectivity index (χ0n) is 22.2. The van der Waals surface area contributed by atoms with E-state index in [9.17, 15) is 0 Å². The van der Waals surface area contributed by atoms with E-state index in [-0.39, 0.29) is 39.7 Å². The van der Waals surface area contributed by atoms with Crippen LogP contribution < -0.4 is 10.6 Å². The third-order valence-electron chi connectivity index (χ3n) is 4.53. The summed E-state index contributed by atoms with van der Waals surface area (Å²) in [7, 11) is -0.408. The molecule has 41 heavy (non-hydrogen) atoms. The molecule has 0 spiro atoms. The van der Waals surface area contributed by atoms with E-state index < -0.39 is 13.7 Å². The van der Waals surface area contributed by atoms with Crippen LogP contribution in [0.15, 0.2) is 91.0 Å². The number of rotatable bonds is 4. The van der Waals surface area contributed by atoms with Crippen LogP contribution >= 0.6 is 7.92 Å². The van der Waals surface area contributed by atoms with Crippen molar-refractivity contribution >= 4 is 18.5 Å². The Bertz CT molecular complexity index is 1070. The molecule has 0 bridgehead atoms. The summed E-state index contributed by atoms with van der Waals surface area (Å²) in [4.78, 5) is 0. The SMILES string of the molecule is C#Cc1ccccc1.CC1(C)OC[C@H](CP(c2ccccc2)c2ccccc2)O1.[C-]#[O+].[C-]#[O+].[C-]#[O+].[C-]#[O+].[C-]#[O+].[Co].[Co]. The van der Waals surface area contributed by atoms with Crippen molar-refractivity contribution in [3.63, 3.8) is 0 Å². The first-order valence-electron chi connectivity index (χ1n) is 10.8. The summed E-state index contributed by atoms with van der Waals surface area (Å²) in [6.07, 6.45) is 6.28. The van der Waals surface area contributed by atoms with Crippen molar-refractivity contribution < 1.29 is 66.3 Å². The molecule has 1 aliphatic rings. The summed E-state index contributed by atoms with van der Waals surface area (Å²) in [5, 5.41) is 2.79. The zero-order valence-corrected chi connectivity index (χ0v) is 25.2. The number of hydrogen-bond donors (Lipinski definition) is 0. The van der Waals surface area contributed by atoms with Crippen molar-refractivity contribution in [3.05, 3.63) is 130 Å². The van der Waals surface area contributed by atoms with Gasteiger partial charge in [-0.2, -0.15) is 0 Å². The van der Waals surface area contributed by atoms with Crippen LogP contribution in [-0.2, 0) is 66.3 Å². The standard InChI is InChI=1S/C18H21O2P.C8H6.5CO.2Co/c1-18(2)19-13-15(20-18)14-21(16-9-5-3-6-10-16)17-11-7-4-8-12-17;1-2-8-6-4-3-5-7-8;5*1-2;;/h3-12,15H,13-14H2,1-2H3;1,3-7H;;;;;;;/t15-;;;;;;;;/m1......../s1. The van der Waals surface area contributed by atoms with Crippen LogP contribution in [0.1, 0.15) is 19.4 Å². The molecule has 3 aromatic carbocycles. The predicted molar refractivity (Wildman–Crippen MR) is 143 cm³/mol. The second-order valence-corrected chi connectivity index (χ2v) is 9.50. The molecule has 2 radical (unpaired) electrons. The Labute approximate surface area is 264 Å². The van der Waals surface area contributed by atoms with Crippen LogP contribution in [0, 0.1) is 45.6 Å². The van der Waals surface area contributed by atoms with E-state index in [0.717, 1.165) is 11.7 Å². The van der Waals surface area contributed by atoms with E-state index in [1.54, 1.807) is 0 Å². The quantitative estimate of drug-likeness (QED) is 0.174. The fourth-order valence-corrected chi connectivity index (χ4v) is 5.54. The molecule has 1 aliphatic heterocycles. The molecule has 1 fully saturated rings. The Morgan fingerprint density at radius 1 is 0.707 bits per heavy atom. The zero-order chi connectivity index (χ0) is 30.5. The van der Waals surface area contributed by atoms with Crippen molar-refractivity contribution in [3.8, 4) is 12.3 Å². The van der Waals surface area contributed by atoms with E-state index in [0.29, 0.717) is 6.61 Å². The fraction of sp³-hybridized carbons (Fsp3) is 0.194. The van der Waals surface area contributed by atoms with Crippen LogP contribution in [0.5, 0.6) is 0 Å². The van der Waals surface area contributed by atoms with Crippen molar-refractivity contribution in [1.29, 1.82) is 0 Å². The molecule has 1 saturated heterocycles. The average molecular weight is 660 g/mol. The topological polar surface area (TPSA) is 118 Å². The van der Waals surface area contributed by atoms with Crippen molar-refractivity contribution in [2.45, 2.75) is 25.7 Å². The summed E-state index contributed by atoms with van der Waals surface area (Å²) in [6, 6.07) is 31.1. The van der Waals surface area contributed by atoms with Crippen LogP contribution in [0.3, 0.4) is 0 Å². The molecular weight excluding hydrogens is 633 g/mol. The van der Waals surface area contributed by atoms with Crippen LogP contribution in [0.2, 0.25) is 0 Å². The Balaban J connectivity index is -0.000000182. The van der Waals surface area contributed by atoms with Gasteiger partial charge >= 0.3 is 56.5 Å². The molecule has 4 rings (SSSR count). The minimum atomic E-state index is -0.445. The first kappa shape index (κ1) is 48.0. The van der Waals surface area contributed by atoms with Crippen LogP contribution in [0.4, 0.5) is 0 Å². The summed E-state index contributed by atoms with van der Waals surface area (Å²) >= 11 is 0. The van der Waals surface area contributed by atoms with E-state index in [4.69, 9.17) is 39.2 Å². The van der Waals surface area contributed by atoms with Gasteiger partial charge in [0, 0.05) is 45.3 Å². The normalized spacial score (nSPS) is 12.4. The first-order chi connectivity index (χ1) is 19.1. The van der Waals surface area contributed by atoms with E-state index in [2.05, 4.69) is 99.8 Å². The molecule has 216 valence electrons. The third kappa shape index (κ3) is 21.7. The molecule has 7 nitrogen and oxygen atoms in total. The molecule has 0 saturated carbocycles. The molecule has 1 atom stereocenters. The Hall–Kier alpha value is -2.72. The Morgan fingerprint density at radius 3 is 1.32 bits per heavy atom. The summed E-state index contributed by atoms with van der Waals surface area (Å²) in [5.74, 6) is 2.08. The maximum Gasteiger partial charge on any atom is 0 e. The third-order valence-corrected chi connectivity index (χ3v) is 7.15. The summed E-state index contributed by atoms with van der Waals surface area (Å²) < 4.78 is 49.2. The van der Waals surface area contributed by atoms with Gasteiger partial charge in [-0.25, -0.2) is 0 Å². The molecule has 0 N–H and O–H groups in total. The van der Waals surface area contributed by atoms with Gasteiger partial charge in [-0.3, -0.25) is 0 Å². The Morgan fingerprint density at radius 2 is 1.05 bits per heavy atom. The predicted octanol–water partition coefficient (Wildman–Crippen LogP) is 4.75. The number of ether oxygens (including phenoxy) is 2. The van der Waals surface area contributed by atoms with Gasteiger partial charge < -0.3 is 9.47 Å². The second-order valence-electron chi connectivity index (χ2n) is 7.24. The average Bonchev–Trinajstić information content (AvgIpc) is 3.40. The molecule has 0 unspecified atom stereocenters. The molecule has 0 amide bonds. The van der Waals surface area contributed by atoms with Gasteiger partial charge in [-0.1, -0.05) is 84.8 Å². The minimum absolute atomic E-state index is 0. The maximum atomic E-state index is 7.50. The van der Waals surface area contributed by atoms with Crippen LogP contribution in [0.25, 0.3) is 0 Å². The van der Waals surface area contributed by atoms with E-state index >= 15 is 0 Å². The van der Waals surface area contributed by atoms with Crippen molar-refractivity contribution in [2.24, 2.45) is 0 Å². The summed E-state index contributed by atoms with van der Waals surface area (Å²) in [6.45, 7) is 27.2. The van der Waals surface area contributed by atoms with Gasteiger partial charge in [0.2, 0.25) is 0 Å². The van der Waals surface area contributed by atoms with Crippen molar-refractivity contribution in [1.82, 2.24) is 0 Å². The van der Waals surface area contributed by atoms with Crippen LogP contribution in [-0.4, -0.2) is 24.7 Å². The van der Waals surface area contributed by atoms with Gasteiger partial charge in [-0.05, 0) is 44.5 Å². The van der Waals surface area contributed by atoms with Gasteiger partial charge in [0.15, 0.2) is 5.79 Å². The smallest absolute Gasteiger partial charge is 0 e. The molecule has 0 aliphatic carbocycles. The van der Waals surface area contributed by atoms with Gasteiger partial charge in [-0.15, -0.1) is 6.42 Å². The number of terminal acetylenes is 1. The fourth-order valence-electron chi connectivity index (χ4n) is 3.17. The maximum absolute atomic E-state index is 7.50. The molecule has 1 heterocycles. The Kier molecular flexibility index (Phi) is 39.2. The molecule has 0 aromatic heterocycles. The number of hydrogen-bond acceptors (Lipinski definition) is 2. The van der Waals surface area contributed by atoms with Gasteiger partial charge in [0.1, 0.15) is 0 Å². The van der Waals surface area contributed by atoms with Gasteiger partial charge in [0.25, 0.3) is 0 Å². The van der Waals surface area contributed by atoms with E-state index in [1.165, 1.54) is 10.6 Å². The van der Waals surface area contributed by atoms with E-state index in [1.807, 2.05) is 44.2 Å². The second kappa shape index (κ2) is 33.5. The minimum Gasteiger partial charge on any atom is 0 e. The van der Waals surface area contributed by atoms with Gasteiger partial charge in [0.05, 0.1) is 12.7 Å². The monoisotopic (exact) mass is 660 g/mol. The molecular formula is C31H27Co2O7P. The number of benzene rings is 3. The first-order valence-corrected chi connectivity index (χ1v) is 12.3. The van der Waals surface area contributed by atoms with Crippen molar-refractivity contribution in [2.75, 3.05) is 12.8 Å². The molecule has 3 aromatic rings.